The van der Waals surface area contributed by atoms with Gasteiger partial charge in [0.05, 0.1) is 13.1 Å². The number of likely N-dealkylation sites (tertiary alicyclic amines) is 2. The van der Waals surface area contributed by atoms with Gasteiger partial charge in [-0.3, -0.25) is 4.90 Å². The predicted molar refractivity (Wildman–Crippen MR) is 107 cm³/mol. The summed E-state index contributed by atoms with van der Waals surface area (Å²) in [4.78, 5) is 16.6. The van der Waals surface area contributed by atoms with E-state index in [2.05, 4.69) is 16.3 Å². The topological polar surface area (TPSA) is 44.8 Å². The molecule has 2 fully saturated rings. The summed E-state index contributed by atoms with van der Waals surface area (Å²) in [5.74, 6) is -0.145. The largest absolute Gasteiger partial charge is 0.484 e. The number of carbonyl (C=O) groups is 1. The van der Waals surface area contributed by atoms with Crippen molar-refractivity contribution in [1.29, 1.82) is 0 Å². The van der Waals surface area contributed by atoms with E-state index in [1.54, 1.807) is 23.1 Å². The molecule has 6 heteroatoms. The van der Waals surface area contributed by atoms with E-state index >= 15 is 0 Å². The highest BCUT2D eigenvalue weighted by Gasteiger charge is 2.32. The monoisotopic (exact) mass is 383 g/mol. The van der Waals surface area contributed by atoms with Gasteiger partial charge in [0.2, 0.25) is 0 Å². The van der Waals surface area contributed by atoms with Crippen molar-refractivity contribution in [3.8, 4) is 5.75 Å². The molecule has 148 valence electrons. The zero-order chi connectivity index (χ0) is 19.3. The summed E-state index contributed by atoms with van der Waals surface area (Å²) in [5, 5.41) is 2.96. The van der Waals surface area contributed by atoms with E-state index in [0.29, 0.717) is 13.1 Å². The average Bonchev–Trinajstić information content (AvgIpc) is 2.66. The molecule has 1 N–H and O–H groups in total. The van der Waals surface area contributed by atoms with E-state index in [1.165, 1.54) is 30.9 Å². The van der Waals surface area contributed by atoms with Crippen molar-refractivity contribution in [2.75, 3.05) is 31.5 Å². The number of nitrogens with zero attached hydrogens (tertiary/aromatic N) is 2. The Morgan fingerprint density at radius 2 is 1.86 bits per heavy atom. The van der Waals surface area contributed by atoms with Crippen LogP contribution in [0.15, 0.2) is 48.5 Å². The number of carbonyl (C=O) groups excluding carboxylic acids is 1. The lowest BCUT2D eigenvalue weighted by Gasteiger charge is -2.38. The predicted octanol–water partition coefficient (Wildman–Crippen LogP) is 4.11. The van der Waals surface area contributed by atoms with E-state index < -0.39 is 0 Å². The van der Waals surface area contributed by atoms with Gasteiger partial charge in [0.25, 0.3) is 0 Å². The van der Waals surface area contributed by atoms with Crippen LogP contribution in [0.4, 0.5) is 14.9 Å². The van der Waals surface area contributed by atoms with E-state index in [4.69, 9.17) is 4.74 Å². The molecule has 4 rings (SSSR count). The summed E-state index contributed by atoms with van der Waals surface area (Å²) in [6.45, 7) is 4.12. The molecular formula is C22H26FN3O2. The van der Waals surface area contributed by atoms with Gasteiger partial charge < -0.3 is 15.0 Å². The highest BCUT2D eigenvalue weighted by Crippen LogP contribution is 2.22. The number of ether oxygens (including phenoxy) is 1. The fraction of sp³-hybridized carbons (Fsp3) is 0.409. The van der Waals surface area contributed by atoms with Crippen LogP contribution in [0.3, 0.4) is 0 Å². The Morgan fingerprint density at radius 1 is 1.07 bits per heavy atom. The SMILES string of the molecule is O=C(Nc1cccc(CN2CCCCC2)c1)N1CC(Oc2ccccc2F)C1. The van der Waals surface area contributed by atoms with Crippen LogP contribution in [-0.4, -0.2) is 48.1 Å². The number of piperidine rings is 1. The van der Waals surface area contributed by atoms with Crippen LogP contribution < -0.4 is 10.1 Å². The van der Waals surface area contributed by atoms with Crippen LogP contribution in [0.5, 0.6) is 5.75 Å². The Morgan fingerprint density at radius 3 is 2.64 bits per heavy atom. The molecule has 0 bridgehead atoms. The van der Waals surface area contributed by atoms with Crippen molar-refractivity contribution in [3.05, 3.63) is 59.9 Å². The van der Waals surface area contributed by atoms with Crippen LogP contribution in [-0.2, 0) is 6.54 Å². The molecule has 28 heavy (non-hydrogen) atoms. The Kier molecular flexibility index (Phi) is 5.76. The lowest BCUT2D eigenvalue weighted by Crippen LogP contribution is -2.57. The Bertz CT molecular complexity index is 817. The standard InChI is InChI=1S/C22H26FN3O2/c23-20-9-2-3-10-21(20)28-19-15-26(16-19)22(27)24-18-8-6-7-17(13-18)14-25-11-4-1-5-12-25/h2-3,6-10,13,19H,1,4-5,11-12,14-16H2,(H,24,27). The maximum Gasteiger partial charge on any atom is 0.322 e. The second kappa shape index (κ2) is 8.61. The summed E-state index contributed by atoms with van der Waals surface area (Å²) in [5.41, 5.74) is 2.02. The summed E-state index contributed by atoms with van der Waals surface area (Å²) in [7, 11) is 0. The molecule has 0 aromatic heterocycles. The van der Waals surface area contributed by atoms with Crippen molar-refractivity contribution >= 4 is 11.7 Å². The molecule has 2 aromatic carbocycles. The van der Waals surface area contributed by atoms with Crippen LogP contribution >= 0.6 is 0 Å². The van der Waals surface area contributed by atoms with Crippen molar-refractivity contribution in [3.63, 3.8) is 0 Å². The molecule has 2 aromatic rings. The molecule has 0 unspecified atom stereocenters. The molecule has 0 aliphatic carbocycles. The van der Waals surface area contributed by atoms with Gasteiger partial charge in [-0.15, -0.1) is 0 Å². The van der Waals surface area contributed by atoms with Gasteiger partial charge in [-0.05, 0) is 55.8 Å². The number of benzene rings is 2. The summed E-state index contributed by atoms with van der Waals surface area (Å²) in [6.07, 6.45) is 3.68. The zero-order valence-electron chi connectivity index (χ0n) is 15.9. The Balaban J connectivity index is 1.26. The molecule has 0 radical (unpaired) electrons. The third-order valence-corrected chi connectivity index (χ3v) is 5.30. The number of hydrogen-bond acceptors (Lipinski definition) is 3. The first-order valence-electron chi connectivity index (χ1n) is 9.96. The summed E-state index contributed by atoms with van der Waals surface area (Å²) >= 11 is 0. The number of anilines is 1. The third-order valence-electron chi connectivity index (χ3n) is 5.30. The lowest BCUT2D eigenvalue weighted by atomic mass is 10.1. The Labute approximate surface area is 165 Å². The minimum absolute atomic E-state index is 0.150. The number of halogens is 1. The lowest BCUT2D eigenvalue weighted by molar-refractivity contribution is 0.0466. The molecule has 0 saturated carbocycles. The first-order valence-corrected chi connectivity index (χ1v) is 9.96. The highest BCUT2D eigenvalue weighted by atomic mass is 19.1. The van der Waals surface area contributed by atoms with Gasteiger partial charge in [0, 0.05) is 12.2 Å². The second-order valence-electron chi connectivity index (χ2n) is 7.54. The highest BCUT2D eigenvalue weighted by molar-refractivity contribution is 5.90. The minimum Gasteiger partial charge on any atom is -0.484 e. The van der Waals surface area contributed by atoms with Gasteiger partial charge in [0.15, 0.2) is 11.6 Å². The molecular weight excluding hydrogens is 357 g/mol. The van der Waals surface area contributed by atoms with Crippen LogP contribution in [0.2, 0.25) is 0 Å². The quantitative estimate of drug-likeness (QED) is 0.845. The molecule has 0 atom stereocenters. The third kappa shape index (κ3) is 4.62. The number of rotatable bonds is 5. The number of hydrogen-bond donors (Lipinski definition) is 1. The minimum atomic E-state index is -0.379. The molecule has 2 aliphatic heterocycles. The summed E-state index contributed by atoms with van der Waals surface area (Å²) < 4.78 is 19.3. The smallest absolute Gasteiger partial charge is 0.322 e. The number of urea groups is 1. The first-order chi connectivity index (χ1) is 13.7. The molecule has 2 aliphatic rings. The normalized spacial score (nSPS) is 17.8. The maximum atomic E-state index is 13.6. The number of amides is 2. The molecule has 2 heterocycles. The fourth-order valence-corrected chi connectivity index (χ4v) is 3.72. The number of para-hydroxylation sites is 1. The zero-order valence-corrected chi connectivity index (χ0v) is 15.9. The van der Waals surface area contributed by atoms with Gasteiger partial charge in [-0.1, -0.05) is 30.7 Å². The van der Waals surface area contributed by atoms with Gasteiger partial charge >= 0.3 is 6.03 Å². The molecule has 5 nitrogen and oxygen atoms in total. The van der Waals surface area contributed by atoms with Crippen molar-refractivity contribution in [1.82, 2.24) is 9.80 Å². The molecule has 0 spiro atoms. The van der Waals surface area contributed by atoms with Gasteiger partial charge in [0.1, 0.15) is 6.10 Å². The van der Waals surface area contributed by atoms with Crippen molar-refractivity contribution in [2.45, 2.75) is 31.9 Å². The van der Waals surface area contributed by atoms with Crippen molar-refractivity contribution < 1.29 is 13.9 Å². The first kappa shape index (κ1) is 18.7. The van der Waals surface area contributed by atoms with E-state index in [9.17, 15) is 9.18 Å². The molecule has 2 saturated heterocycles. The Hall–Kier alpha value is -2.60. The van der Waals surface area contributed by atoms with Crippen LogP contribution in [0.1, 0.15) is 24.8 Å². The van der Waals surface area contributed by atoms with Crippen LogP contribution in [0, 0.1) is 5.82 Å². The van der Waals surface area contributed by atoms with E-state index in [1.807, 2.05) is 18.2 Å². The number of nitrogens with one attached hydrogen (secondary N) is 1. The van der Waals surface area contributed by atoms with E-state index in [0.717, 1.165) is 25.3 Å². The second-order valence-corrected chi connectivity index (χ2v) is 7.54. The average molecular weight is 383 g/mol. The van der Waals surface area contributed by atoms with E-state index in [-0.39, 0.29) is 23.7 Å². The van der Waals surface area contributed by atoms with Gasteiger partial charge in [-0.25, -0.2) is 9.18 Å². The van der Waals surface area contributed by atoms with Crippen LogP contribution in [0.25, 0.3) is 0 Å². The summed E-state index contributed by atoms with van der Waals surface area (Å²) in [6, 6.07) is 14.2. The van der Waals surface area contributed by atoms with Crippen molar-refractivity contribution in [2.24, 2.45) is 0 Å². The van der Waals surface area contributed by atoms with Gasteiger partial charge in [-0.2, -0.15) is 0 Å². The fourth-order valence-electron chi connectivity index (χ4n) is 3.72. The maximum absolute atomic E-state index is 13.6. The molecule has 2 amide bonds.